The highest BCUT2D eigenvalue weighted by Gasteiger charge is 2.03. The van der Waals surface area contributed by atoms with E-state index < -0.39 is 0 Å². The van der Waals surface area contributed by atoms with Gasteiger partial charge in [-0.3, -0.25) is 0 Å². The molecule has 0 aliphatic heterocycles. The standard InChI is InChI=1S/C23H24/c1-3-11-20(12-4-1)13-7-8-16-22-17-9-10-18-23(22)19-21-14-5-2-6-15-21/h1-6,9-12,14-15,17-18H,7-8,13,16,19H2. The van der Waals surface area contributed by atoms with Crippen molar-refractivity contribution in [3.63, 3.8) is 0 Å². The second-order valence-corrected chi connectivity index (χ2v) is 6.12. The first-order valence-electron chi connectivity index (χ1n) is 8.56. The average Bonchev–Trinajstić information content (AvgIpc) is 2.62. The topological polar surface area (TPSA) is 0 Å². The average molecular weight is 300 g/mol. The molecule has 3 rings (SSSR count). The fourth-order valence-corrected chi connectivity index (χ4v) is 3.08. The molecule has 0 aliphatic carbocycles. The predicted octanol–water partition coefficient (Wildman–Crippen LogP) is 5.84. The zero-order valence-electron chi connectivity index (χ0n) is 13.6. The molecule has 0 aromatic heterocycles. The molecule has 0 radical (unpaired) electrons. The van der Waals surface area contributed by atoms with E-state index in [1.54, 1.807) is 0 Å². The number of aryl methyl sites for hydroxylation is 2. The molecule has 0 atom stereocenters. The molecule has 0 aliphatic rings. The highest BCUT2D eigenvalue weighted by Crippen LogP contribution is 2.17. The van der Waals surface area contributed by atoms with Crippen LogP contribution >= 0.6 is 0 Å². The summed E-state index contributed by atoms with van der Waals surface area (Å²) in [6.07, 6.45) is 5.90. The summed E-state index contributed by atoms with van der Waals surface area (Å²) in [5.74, 6) is 0. The Bertz CT molecular complexity index is 698. The fraction of sp³-hybridized carbons (Fsp3) is 0.217. The summed E-state index contributed by atoms with van der Waals surface area (Å²) in [6, 6.07) is 30.4. The molecule has 0 spiro atoms. The molecule has 0 bridgehead atoms. The minimum absolute atomic E-state index is 1.04. The van der Waals surface area contributed by atoms with Crippen LogP contribution in [-0.2, 0) is 19.3 Å². The maximum absolute atomic E-state index is 2.29. The van der Waals surface area contributed by atoms with E-state index in [0.29, 0.717) is 0 Å². The van der Waals surface area contributed by atoms with Crippen LogP contribution < -0.4 is 0 Å². The van der Waals surface area contributed by atoms with Crippen LogP contribution in [0, 0.1) is 0 Å². The number of unbranched alkanes of at least 4 members (excludes halogenated alkanes) is 1. The Morgan fingerprint density at radius 2 is 0.957 bits per heavy atom. The number of hydrogen-bond donors (Lipinski definition) is 0. The lowest BCUT2D eigenvalue weighted by atomic mass is 9.96. The lowest BCUT2D eigenvalue weighted by molar-refractivity contribution is 0.730. The van der Waals surface area contributed by atoms with Gasteiger partial charge < -0.3 is 0 Å². The van der Waals surface area contributed by atoms with Crippen molar-refractivity contribution in [1.29, 1.82) is 0 Å². The first kappa shape index (κ1) is 15.6. The molecule has 0 nitrogen and oxygen atoms in total. The summed E-state index contributed by atoms with van der Waals surface area (Å²) in [6.45, 7) is 0. The smallest absolute Gasteiger partial charge is 0.00230 e. The molecule has 0 fully saturated rings. The van der Waals surface area contributed by atoms with Gasteiger partial charge in [-0.2, -0.15) is 0 Å². The monoisotopic (exact) mass is 300 g/mol. The predicted molar refractivity (Wildman–Crippen MR) is 98.8 cm³/mol. The van der Waals surface area contributed by atoms with E-state index in [0.717, 1.165) is 6.42 Å². The van der Waals surface area contributed by atoms with Gasteiger partial charge in [0.1, 0.15) is 0 Å². The summed E-state index contributed by atoms with van der Waals surface area (Å²) in [5.41, 5.74) is 5.82. The quantitative estimate of drug-likeness (QED) is 0.481. The molecule has 116 valence electrons. The summed E-state index contributed by atoms with van der Waals surface area (Å²) in [4.78, 5) is 0. The molecule has 0 amide bonds. The molecule has 0 saturated heterocycles. The van der Waals surface area contributed by atoms with Gasteiger partial charge >= 0.3 is 0 Å². The molecule has 0 N–H and O–H groups in total. The Morgan fingerprint density at radius 1 is 0.435 bits per heavy atom. The van der Waals surface area contributed by atoms with Crippen molar-refractivity contribution in [2.24, 2.45) is 0 Å². The Morgan fingerprint density at radius 3 is 1.65 bits per heavy atom. The number of hydrogen-bond acceptors (Lipinski definition) is 0. The van der Waals surface area contributed by atoms with Crippen molar-refractivity contribution < 1.29 is 0 Å². The minimum atomic E-state index is 1.04. The Hall–Kier alpha value is -2.34. The van der Waals surface area contributed by atoms with Gasteiger partial charge in [-0.25, -0.2) is 0 Å². The van der Waals surface area contributed by atoms with Crippen LogP contribution in [0.4, 0.5) is 0 Å². The third-order valence-electron chi connectivity index (χ3n) is 4.36. The maximum Gasteiger partial charge on any atom is -0.00230 e. The van der Waals surface area contributed by atoms with Crippen LogP contribution in [0.2, 0.25) is 0 Å². The molecule has 0 heteroatoms. The zero-order chi connectivity index (χ0) is 15.7. The van der Waals surface area contributed by atoms with Crippen molar-refractivity contribution in [2.75, 3.05) is 0 Å². The molecular formula is C23H24. The SMILES string of the molecule is c1ccc(CCCCc2ccccc2Cc2ccccc2)cc1. The zero-order valence-corrected chi connectivity index (χ0v) is 13.6. The van der Waals surface area contributed by atoms with Crippen LogP contribution in [0.25, 0.3) is 0 Å². The summed E-state index contributed by atoms with van der Waals surface area (Å²) in [7, 11) is 0. The fourth-order valence-electron chi connectivity index (χ4n) is 3.08. The third-order valence-corrected chi connectivity index (χ3v) is 4.36. The summed E-state index contributed by atoms with van der Waals surface area (Å²) >= 11 is 0. The molecule has 0 heterocycles. The van der Waals surface area contributed by atoms with E-state index in [1.165, 1.54) is 47.9 Å². The molecule has 23 heavy (non-hydrogen) atoms. The van der Waals surface area contributed by atoms with Gasteiger partial charge in [0, 0.05) is 0 Å². The largest absolute Gasteiger partial charge is 0.0622 e. The number of rotatable bonds is 7. The second-order valence-electron chi connectivity index (χ2n) is 6.12. The van der Waals surface area contributed by atoms with Gasteiger partial charge in [0.15, 0.2) is 0 Å². The molecule has 0 saturated carbocycles. The first-order chi connectivity index (χ1) is 11.4. The van der Waals surface area contributed by atoms with Crippen LogP contribution in [0.15, 0.2) is 84.9 Å². The van der Waals surface area contributed by atoms with E-state index in [9.17, 15) is 0 Å². The molecule has 3 aromatic rings. The van der Waals surface area contributed by atoms with Gasteiger partial charge in [0.25, 0.3) is 0 Å². The van der Waals surface area contributed by atoms with Gasteiger partial charge in [-0.1, -0.05) is 84.9 Å². The van der Waals surface area contributed by atoms with Crippen LogP contribution in [0.1, 0.15) is 35.1 Å². The van der Waals surface area contributed by atoms with E-state index >= 15 is 0 Å². The molecule has 0 unspecified atom stereocenters. The van der Waals surface area contributed by atoms with Crippen molar-refractivity contribution in [3.8, 4) is 0 Å². The second kappa shape index (κ2) is 8.33. The lowest BCUT2D eigenvalue weighted by Gasteiger charge is -2.10. The highest BCUT2D eigenvalue weighted by molar-refractivity contribution is 5.32. The molecular weight excluding hydrogens is 276 g/mol. The summed E-state index contributed by atoms with van der Waals surface area (Å²) < 4.78 is 0. The highest BCUT2D eigenvalue weighted by atomic mass is 14.1. The molecule has 3 aromatic carbocycles. The van der Waals surface area contributed by atoms with Gasteiger partial charge in [0.2, 0.25) is 0 Å². The minimum Gasteiger partial charge on any atom is -0.0622 e. The van der Waals surface area contributed by atoms with Crippen molar-refractivity contribution >= 4 is 0 Å². The van der Waals surface area contributed by atoms with Crippen LogP contribution in [0.3, 0.4) is 0 Å². The number of benzene rings is 3. The first-order valence-corrected chi connectivity index (χ1v) is 8.56. The lowest BCUT2D eigenvalue weighted by Crippen LogP contribution is -1.96. The summed E-state index contributed by atoms with van der Waals surface area (Å²) in [5, 5.41) is 0. The van der Waals surface area contributed by atoms with E-state index in [1.807, 2.05) is 0 Å². The Kier molecular flexibility index (Phi) is 5.64. The van der Waals surface area contributed by atoms with E-state index in [-0.39, 0.29) is 0 Å². The normalized spacial score (nSPS) is 10.6. The van der Waals surface area contributed by atoms with Gasteiger partial charge in [0.05, 0.1) is 0 Å². The maximum atomic E-state index is 2.29. The van der Waals surface area contributed by atoms with E-state index in [4.69, 9.17) is 0 Å². The van der Waals surface area contributed by atoms with Crippen molar-refractivity contribution in [1.82, 2.24) is 0 Å². The van der Waals surface area contributed by atoms with Crippen molar-refractivity contribution in [2.45, 2.75) is 32.1 Å². The van der Waals surface area contributed by atoms with Gasteiger partial charge in [-0.05, 0) is 54.4 Å². The van der Waals surface area contributed by atoms with Crippen LogP contribution in [-0.4, -0.2) is 0 Å². The van der Waals surface area contributed by atoms with E-state index in [2.05, 4.69) is 84.9 Å². The Balaban J connectivity index is 1.55. The van der Waals surface area contributed by atoms with Crippen molar-refractivity contribution in [3.05, 3.63) is 107 Å². The third kappa shape index (κ3) is 4.82. The Labute approximate surface area is 139 Å². The van der Waals surface area contributed by atoms with Crippen LogP contribution in [0.5, 0.6) is 0 Å². The van der Waals surface area contributed by atoms with Gasteiger partial charge in [-0.15, -0.1) is 0 Å².